The van der Waals surface area contributed by atoms with Crippen molar-refractivity contribution in [3.05, 3.63) is 46.4 Å². The van der Waals surface area contributed by atoms with Crippen LogP contribution in [0.3, 0.4) is 0 Å². The van der Waals surface area contributed by atoms with Crippen LogP contribution in [0.25, 0.3) is 0 Å². The number of rotatable bonds is 5. The molecule has 2 N–H and O–H groups in total. The quantitative estimate of drug-likeness (QED) is 0.873. The fourth-order valence-electron chi connectivity index (χ4n) is 2.99. The molecule has 3 rings (SSSR count). The van der Waals surface area contributed by atoms with Gasteiger partial charge in [-0.3, -0.25) is 4.90 Å². The standard InChI is InChI=1S/C18H24N4OS/c1-14-20-17(13-24-14)12-22-9-7-15(8-10-22)11-19-18(23)21-16-5-3-2-4-6-16/h2-6,13,15H,7-12H2,1H3,(H2,19,21,23). The highest BCUT2D eigenvalue weighted by molar-refractivity contribution is 7.09. The first-order valence-electron chi connectivity index (χ1n) is 8.42. The zero-order valence-electron chi connectivity index (χ0n) is 14.0. The van der Waals surface area contributed by atoms with E-state index < -0.39 is 0 Å². The highest BCUT2D eigenvalue weighted by Gasteiger charge is 2.20. The molecule has 1 fully saturated rings. The average molecular weight is 344 g/mol. The van der Waals surface area contributed by atoms with E-state index in [0.717, 1.165) is 49.7 Å². The maximum absolute atomic E-state index is 11.9. The van der Waals surface area contributed by atoms with Crippen LogP contribution in [-0.4, -0.2) is 35.5 Å². The Morgan fingerprint density at radius 1 is 1.29 bits per heavy atom. The number of urea groups is 1. The lowest BCUT2D eigenvalue weighted by Gasteiger charge is -2.31. The number of nitrogens with zero attached hydrogens (tertiary/aromatic N) is 2. The largest absolute Gasteiger partial charge is 0.338 e. The lowest BCUT2D eigenvalue weighted by atomic mass is 9.97. The first kappa shape index (κ1) is 16.9. The molecule has 6 heteroatoms. The Balaban J connectivity index is 1.35. The van der Waals surface area contributed by atoms with Gasteiger partial charge in [-0.2, -0.15) is 0 Å². The Bertz CT molecular complexity index is 650. The van der Waals surface area contributed by atoms with E-state index in [1.54, 1.807) is 11.3 Å². The normalized spacial score (nSPS) is 16.0. The number of likely N-dealkylation sites (tertiary alicyclic amines) is 1. The number of thiazole rings is 1. The van der Waals surface area contributed by atoms with E-state index in [4.69, 9.17) is 0 Å². The molecular formula is C18H24N4OS. The molecule has 1 saturated heterocycles. The number of nitrogens with one attached hydrogen (secondary N) is 2. The van der Waals surface area contributed by atoms with Crippen molar-refractivity contribution in [2.45, 2.75) is 26.3 Å². The monoisotopic (exact) mass is 344 g/mol. The van der Waals surface area contributed by atoms with E-state index >= 15 is 0 Å². The number of benzene rings is 1. The SMILES string of the molecule is Cc1nc(CN2CCC(CNC(=O)Nc3ccccc3)CC2)cs1. The van der Waals surface area contributed by atoms with Crippen molar-refractivity contribution in [3.63, 3.8) is 0 Å². The summed E-state index contributed by atoms with van der Waals surface area (Å²) in [5, 5.41) is 9.13. The number of hydrogen-bond acceptors (Lipinski definition) is 4. The molecule has 1 aliphatic heterocycles. The molecule has 128 valence electrons. The molecule has 5 nitrogen and oxygen atoms in total. The van der Waals surface area contributed by atoms with Crippen LogP contribution in [0.2, 0.25) is 0 Å². The first-order valence-corrected chi connectivity index (χ1v) is 9.30. The van der Waals surface area contributed by atoms with E-state index in [1.807, 2.05) is 37.3 Å². The van der Waals surface area contributed by atoms with Gasteiger partial charge in [0.15, 0.2) is 0 Å². The van der Waals surface area contributed by atoms with Crippen LogP contribution in [0.15, 0.2) is 35.7 Å². The van der Waals surface area contributed by atoms with Gasteiger partial charge in [0.1, 0.15) is 0 Å². The third kappa shape index (κ3) is 5.04. The average Bonchev–Trinajstić information content (AvgIpc) is 3.00. The van der Waals surface area contributed by atoms with Crippen LogP contribution < -0.4 is 10.6 Å². The Morgan fingerprint density at radius 3 is 2.71 bits per heavy atom. The second-order valence-corrected chi connectivity index (χ2v) is 7.34. The van der Waals surface area contributed by atoms with Crippen LogP contribution in [-0.2, 0) is 6.54 Å². The molecular weight excluding hydrogens is 320 g/mol. The van der Waals surface area contributed by atoms with Crippen molar-refractivity contribution >= 4 is 23.1 Å². The fraction of sp³-hybridized carbons (Fsp3) is 0.444. The molecule has 2 aromatic rings. The minimum Gasteiger partial charge on any atom is -0.338 e. The fourth-order valence-corrected chi connectivity index (χ4v) is 3.60. The van der Waals surface area contributed by atoms with Crippen molar-refractivity contribution in [1.82, 2.24) is 15.2 Å². The zero-order chi connectivity index (χ0) is 16.8. The van der Waals surface area contributed by atoms with Crippen LogP contribution >= 0.6 is 11.3 Å². The van der Waals surface area contributed by atoms with E-state index in [2.05, 4.69) is 25.9 Å². The van der Waals surface area contributed by atoms with Crippen molar-refractivity contribution in [2.24, 2.45) is 5.92 Å². The van der Waals surface area contributed by atoms with E-state index in [0.29, 0.717) is 5.92 Å². The van der Waals surface area contributed by atoms with Crippen LogP contribution in [0.5, 0.6) is 0 Å². The van der Waals surface area contributed by atoms with Crippen molar-refractivity contribution < 1.29 is 4.79 Å². The summed E-state index contributed by atoms with van der Waals surface area (Å²) in [6, 6.07) is 9.41. The Morgan fingerprint density at radius 2 is 2.04 bits per heavy atom. The molecule has 0 atom stereocenters. The predicted octanol–water partition coefficient (Wildman–Crippen LogP) is 3.49. The maximum Gasteiger partial charge on any atom is 0.319 e. The van der Waals surface area contributed by atoms with Gasteiger partial charge >= 0.3 is 6.03 Å². The number of para-hydroxylation sites is 1. The minimum absolute atomic E-state index is 0.124. The van der Waals surface area contributed by atoms with Gasteiger partial charge in [0.05, 0.1) is 10.7 Å². The second kappa shape index (κ2) is 8.26. The number of hydrogen-bond donors (Lipinski definition) is 2. The number of anilines is 1. The molecule has 1 aromatic heterocycles. The lowest BCUT2D eigenvalue weighted by molar-refractivity contribution is 0.174. The van der Waals surface area contributed by atoms with Gasteiger partial charge in [0.25, 0.3) is 0 Å². The van der Waals surface area contributed by atoms with Gasteiger partial charge in [-0.1, -0.05) is 18.2 Å². The molecule has 1 aromatic carbocycles. The number of piperidine rings is 1. The summed E-state index contributed by atoms with van der Waals surface area (Å²) in [5.41, 5.74) is 2.00. The summed E-state index contributed by atoms with van der Waals surface area (Å²) in [5.74, 6) is 0.556. The van der Waals surface area contributed by atoms with Gasteiger partial charge in [-0.25, -0.2) is 9.78 Å². The summed E-state index contributed by atoms with van der Waals surface area (Å²) < 4.78 is 0. The number of aryl methyl sites for hydroxylation is 1. The molecule has 1 aliphatic rings. The maximum atomic E-state index is 11.9. The van der Waals surface area contributed by atoms with E-state index in [-0.39, 0.29) is 6.03 Å². The highest BCUT2D eigenvalue weighted by Crippen LogP contribution is 2.19. The van der Waals surface area contributed by atoms with Crippen molar-refractivity contribution in [2.75, 3.05) is 25.0 Å². The Labute approximate surface area is 147 Å². The lowest BCUT2D eigenvalue weighted by Crippen LogP contribution is -2.39. The van der Waals surface area contributed by atoms with Gasteiger partial charge in [-0.15, -0.1) is 11.3 Å². The molecule has 0 aliphatic carbocycles. The molecule has 2 amide bonds. The Hall–Kier alpha value is -1.92. The van der Waals surface area contributed by atoms with Crippen molar-refractivity contribution in [3.8, 4) is 0 Å². The molecule has 0 saturated carbocycles. The number of carbonyl (C=O) groups is 1. The van der Waals surface area contributed by atoms with Gasteiger partial charge in [0.2, 0.25) is 0 Å². The topological polar surface area (TPSA) is 57.3 Å². The number of carbonyl (C=O) groups excluding carboxylic acids is 1. The third-order valence-corrected chi connectivity index (χ3v) is 5.16. The molecule has 0 spiro atoms. The highest BCUT2D eigenvalue weighted by atomic mass is 32.1. The summed E-state index contributed by atoms with van der Waals surface area (Å²) >= 11 is 1.71. The molecule has 24 heavy (non-hydrogen) atoms. The minimum atomic E-state index is -0.124. The second-order valence-electron chi connectivity index (χ2n) is 6.28. The van der Waals surface area contributed by atoms with Crippen molar-refractivity contribution in [1.29, 1.82) is 0 Å². The Kier molecular flexibility index (Phi) is 5.82. The van der Waals surface area contributed by atoms with Gasteiger partial charge in [-0.05, 0) is 50.9 Å². The van der Waals surface area contributed by atoms with Crippen LogP contribution in [0.4, 0.5) is 10.5 Å². The zero-order valence-corrected chi connectivity index (χ0v) is 14.8. The number of aromatic nitrogens is 1. The molecule has 2 heterocycles. The predicted molar refractivity (Wildman–Crippen MR) is 98.3 cm³/mol. The summed E-state index contributed by atoms with van der Waals surface area (Å²) in [4.78, 5) is 18.9. The van der Waals surface area contributed by atoms with Gasteiger partial charge in [0, 0.05) is 24.2 Å². The molecule has 0 radical (unpaired) electrons. The van der Waals surface area contributed by atoms with Crippen LogP contribution in [0.1, 0.15) is 23.5 Å². The van der Waals surface area contributed by atoms with Crippen LogP contribution in [0, 0.1) is 12.8 Å². The first-order chi connectivity index (χ1) is 11.7. The van der Waals surface area contributed by atoms with E-state index in [9.17, 15) is 4.79 Å². The smallest absolute Gasteiger partial charge is 0.319 e. The summed E-state index contributed by atoms with van der Waals surface area (Å²) in [6.07, 6.45) is 2.24. The van der Waals surface area contributed by atoms with E-state index in [1.165, 1.54) is 5.69 Å². The summed E-state index contributed by atoms with van der Waals surface area (Å²) in [7, 11) is 0. The van der Waals surface area contributed by atoms with Gasteiger partial charge < -0.3 is 10.6 Å². The summed E-state index contributed by atoms with van der Waals surface area (Å²) in [6.45, 7) is 5.88. The number of amides is 2. The third-order valence-electron chi connectivity index (χ3n) is 4.34. The molecule has 0 unspecified atom stereocenters. The molecule has 0 bridgehead atoms.